The number of aromatic nitrogens is 3. The van der Waals surface area contributed by atoms with Crippen LogP contribution in [0.15, 0.2) is 67.3 Å². The largest absolute Gasteiger partial charge is 0.454 e. The van der Waals surface area contributed by atoms with Crippen molar-refractivity contribution in [3.05, 3.63) is 83.6 Å². The SMILES string of the molecule is C=CC(C)=O.CC.CCC1=C(CCC(C)C)c2c(ncnc2Nc2ccc(Oc3cccnc3)c(Cl)c2)C1. The van der Waals surface area contributed by atoms with E-state index in [1.165, 1.54) is 24.1 Å². The second-order valence-electron chi connectivity index (χ2n) is 8.96. The molecule has 4 rings (SSSR count). The number of rotatable bonds is 9. The number of nitrogens with zero attached hydrogens (tertiary/aromatic N) is 3. The van der Waals surface area contributed by atoms with Crippen molar-refractivity contribution in [2.75, 3.05) is 5.32 Å². The van der Waals surface area contributed by atoms with Crippen LogP contribution in [-0.4, -0.2) is 20.7 Å². The zero-order valence-corrected chi connectivity index (χ0v) is 24.1. The molecule has 1 aliphatic carbocycles. The lowest BCUT2D eigenvalue weighted by Crippen LogP contribution is -2.02. The molecule has 0 atom stereocenters. The van der Waals surface area contributed by atoms with Crippen LogP contribution in [-0.2, 0) is 11.2 Å². The molecular formula is C31H39ClN4O2. The molecule has 0 radical (unpaired) electrons. The summed E-state index contributed by atoms with van der Waals surface area (Å²) in [5.74, 6) is 2.74. The number of nitrogens with one attached hydrogen (secondary N) is 1. The molecule has 0 spiro atoms. The van der Waals surface area contributed by atoms with E-state index >= 15 is 0 Å². The molecule has 3 aromatic rings. The van der Waals surface area contributed by atoms with Gasteiger partial charge < -0.3 is 10.1 Å². The first-order chi connectivity index (χ1) is 18.3. The molecule has 1 aromatic carbocycles. The molecule has 0 unspecified atom stereocenters. The Labute approximate surface area is 232 Å². The van der Waals surface area contributed by atoms with Gasteiger partial charge >= 0.3 is 0 Å². The maximum absolute atomic E-state index is 9.69. The van der Waals surface area contributed by atoms with Crippen molar-refractivity contribution >= 4 is 34.5 Å². The van der Waals surface area contributed by atoms with Crippen molar-refractivity contribution in [2.45, 2.75) is 67.2 Å². The highest BCUT2D eigenvalue weighted by molar-refractivity contribution is 6.32. The quantitative estimate of drug-likeness (QED) is 0.276. The van der Waals surface area contributed by atoms with Crippen LogP contribution in [0.1, 0.15) is 72.1 Å². The molecule has 1 N–H and O–H groups in total. The summed E-state index contributed by atoms with van der Waals surface area (Å²) in [6, 6.07) is 9.32. The first kappa shape index (κ1) is 30.7. The van der Waals surface area contributed by atoms with Crippen LogP contribution in [0.2, 0.25) is 5.02 Å². The minimum atomic E-state index is 0.0185. The topological polar surface area (TPSA) is 77.0 Å². The van der Waals surface area contributed by atoms with Crippen LogP contribution in [0.25, 0.3) is 5.57 Å². The van der Waals surface area contributed by atoms with Gasteiger partial charge in [-0.25, -0.2) is 9.97 Å². The van der Waals surface area contributed by atoms with Crippen molar-refractivity contribution in [1.82, 2.24) is 15.0 Å². The van der Waals surface area contributed by atoms with Gasteiger partial charge in [0.15, 0.2) is 5.78 Å². The third-order valence-corrected chi connectivity index (χ3v) is 6.07. The molecule has 0 fully saturated rings. The zero-order valence-electron chi connectivity index (χ0n) is 23.3. The molecule has 0 bridgehead atoms. The highest BCUT2D eigenvalue weighted by Gasteiger charge is 2.25. The summed E-state index contributed by atoms with van der Waals surface area (Å²) in [6.45, 7) is 15.4. The van der Waals surface area contributed by atoms with Gasteiger partial charge in [0, 0.05) is 23.9 Å². The van der Waals surface area contributed by atoms with Gasteiger partial charge in [0.2, 0.25) is 0 Å². The predicted molar refractivity (Wildman–Crippen MR) is 158 cm³/mol. The highest BCUT2D eigenvalue weighted by atomic mass is 35.5. The van der Waals surface area contributed by atoms with E-state index in [0.29, 0.717) is 22.4 Å². The van der Waals surface area contributed by atoms with Crippen molar-refractivity contribution in [3.63, 3.8) is 0 Å². The van der Waals surface area contributed by atoms with E-state index in [0.717, 1.165) is 48.4 Å². The second kappa shape index (κ2) is 15.7. The number of benzene rings is 1. The molecule has 202 valence electrons. The third-order valence-electron chi connectivity index (χ3n) is 5.78. The normalized spacial score (nSPS) is 11.6. The van der Waals surface area contributed by atoms with Gasteiger partial charge in [-0.05, 0) is 74.1 Å². The smallest absolute Gasteiger partial charge is 0.152 e. The summed E-state index contributed by atoms with van der Waals surface area (Å²) >= 11 is 6.49. The van der Waals surface area contributed by atoms with Crippen LogP contribution < -0.4 is 10.1 Å². The summed E-state index contributed by atoms with van der Waals surface area (Å²) < 4.78 is 5.83. The van der Waals surface area contributed by atoms with E-state index in [4.69, 9.17) is 16.3 Å². The fourth-order valence-electron chi connectivity index (χ4n) is 3.86. The molecule has 0 saturated carbocycles. The molecule has 1 aliphatic rings. The molecule has 0 saturated heterocycles. The Balaban J connectivity index is 0.000000651. The van der Waals surface area contributed by atoms with Crippen molar-refractivity contribution < 1.29 is 9.53 Å². The van der Waals surface area contributed by atoms with E-state index < -0.39 is 0 Å². The number of anilines is 2. The maximum atomic E-state index is 9.69. The van der Waals surface area contributed by atoms with Gasteiger partial charge in [-0.15, -0.1) is 0 Å². The van der Waals surface area contributed by atoms with Gasteiger partial charge in [-0.3, -0.25) is 9.78 Å². The molecule has 2 aromatic heterocycles. The van der Waals surface area contributed by atoms with Crippen molar-refractivity contribution in [3.8, 4) is 11.5 Å². The van der Waals surface area contributed by atoms with Gasteiger partial charge in [0.25, 0.3) is 0 Å². The number of hydrogen-bond donors (Lipinski definition) is 1. The molecule has 7 heteroatoms. The predicted octanol–water partition coefficient (Wildman–Crippen LogP) is 9.00. The monoisotopic (exact) mass is 534 g/mol. The summed E-state index contributed by atoms with van der Waals surface area (Å²) in [7, 11) is 0. The Morgan fingerprint density at radius 2 is 1.97 bits per heavy atom. The van der Waals surface area contributed by atoms with Crippen molar-refractivity contribution in [2.24, 2.45) is 5.92 Å². The molecule has 2 heterocycles. The molecule has 38 heavy (non-hydrogen) atoms. The lowest BCUT2D eigenvalue weighted by Gasteiger charge is -2.15. The van der Waals surface area contributed by atoms with Crippen LogP contribution >= 0.6 is 11.6 Å². The molecular weight excluding hydrogens is 496 g/mol. The fraction of sp³-hybridized carbons (Fsp3) is 0.355. The fourth-order valence-corrected chi connectivity index (χ4v) is 4.08. The lowest BCUT2D eigenvalue weighted by molar-refractivity contribution is -0.112. The Morgan fingerprint density at radius 1 is 1.24 bits per heavy atom. The van der Waals surface area contributed by atoms with Gasteiger partial charge in [-0.1, -0.05) is 58.4 Å². The Bertz CT molecular complexity index is 1240. The first-order valence-electron chi connectivity index (χ1n) is 13.1. The van der Waals surface area contributed by atoms with Crippen LogP contribution in [0.4, 0.5) is 11.5 Å². The zero-order chi connectivity index (χ0) is 28.1. The Morgan fingerprint density at radius 3 is 2.55 bits per heavy atom. The summed E-state index contributed by atoms with van der Waals surface area (Å²) in [4.78, 5) is 22.9. The summed E-state index contributed by atoms with van der Waals surface area (Å²) in [5.41, 5.74) is 5.99. The van der Waals surface area contributed by atoms with E-state index in [1.807, 2.05) is 44.2 Å². The number of ketones is 1. The minimum Gasteiger partial charge on any atom is -0.454 e. The number of ether oxygens (including phenoxy) is 1. The standard InChI is InChI=1S/C25H27ClN4O.C4H6O.C2H6/c1-4-17-12-22-24(20(17)9-7-16(2)3)25(29-15-28-22)30-18-8-10-23(21(26)13-18)31-19-6-5-11-27-14-19;1-3-4(2)5;1-2/h5-6,8,10-11,13-16H,4,7,9,12H2,1-3H3,(H,28,29,30);3H,1H2,2H3;1-2H3. The Hall–Kier alpha value is -3.51. The Kier molecular flexibility index (Phi) is 12.7. The average Bonchev–Trinajstić information content (AvgIpc) is 3.30. The third kappa shape index (κ3) is 8.80. The number of halogens is 1. The summed E-state index contributed by atoms with van der Waals surface area (Å²) in [6.07, 6.45) is 10.4. The highest BCUT2D eigenvalue weighted by Crippen LogP contribution is 2.41. The van der Waals surface area contributed by atoms with Crippen LogP contribution in [0.5, 0.6) is 11.5 Å². The number of fused-ring (bicyclic) bond motifs is 1. The number of allylic oxidation sites excluding steroid dienone is 3. The maximum Gasteiger partial charge on any atom is 0.152 e. The van der Waals surface area contributed by atoms with Gasteiger partial charge in [0.1, 0.15) is 23.6 Å². The molecule has 0 amide bonds. The molecule has 6 nitrogen and oxygen atoms in total. The van der Waals surface area contributed by atoms with Crippen molar-refractivity contribution in [1.29, 1.82) is 0 Å². The average molecular weight is 535 g/mol. The van der Waals surface area contributed by atoms with Crippen LogP contribution in [0.3, 0.4) is 0 Å². The number of carbonyl (C=O) groups excluding carboxylic acids is 1. The van der Waals surface area contributed by atoms with Crippen LogP contribution in [0, 0.1) is 5.92 Å². The number of carbonyl (C=O) groups is 1. The van der Waals surface area contributed by atoms with E-state index in [-0.39, 0.29) is 5.78 Å². The van der Waals surface area contributed by atoms with E-state index in [9.17, 15) is 4.79 Å². The van der Waals surface area contributed by atoms with E-state index in [2.05, 4.69) is 47.6 Å². The summed E-state index contributed by atoms with van der Waals surface area (Å²) in [5, 5.41) is 3.98. The lowest BCUT2D eigenvalue weighted by atomic mass is 9.96. The van der Waals surface area contributed by atoms with Gasteiger partial charge in [-0.2, -0.15) is 0 Å². The van der Waals surface area contributed by atoms with E-state index in [1.54, 1.807) is 18.7 Å². The first-order valence-corrected chi connectivity index (χ1v) is 13.5. The van der Waals surface area contributed by atoms with Gasteiger partial charge in [0.05, 0.1) is 16.9 Å². The molecule has 0 aliphatic heterocycles. The number of hydrogen-bond acceptors (Lipinski definition) is 6. The second-order valence-corrected chi connectivity index (χ2v) is 9.37. The number of pyridine rings is 1. The minimum absolute atomic E-state index is 0.0185.